The normalized spacial score (nSPS) is 10.1. The van der Waals surface area contributed by atoms with Crippen LogP contribution in [0, 0.1) is 13.8 Å². The highest BCUT2D eigenvalue weighted by molar-refractivity contribution is 7.80. The summed E-state index contributed by atoms with van der Waals surface area (Å²) in [4.78, 5) is 0. The molecular formula is C18H22N2OS. The molecule has 0 aliphatic carbocycles. The van der Waals surface area contributed by atoms with E-state index in [1.807, 2.05) is 18.2 Å². The Morgan fingerprint density at radius 1 is 1.14 bits per heavy atom. The minimum Gasteiger partial charge on any atom is -0.496 e. The van der Waals surface area contributed by atoms with Crippen molar-refractivity contribution in [2.45, 2.75) is 20.3 Å². The maximum atomic E-state index is 5.36. The van der Waals surface area contributed by atoms with Gasteiger partial charge < -0.3 is 15.4 Å². The predicted molar refractivity (Wildman–Crippen MR) is 96.8 cm³/mol. The standard InChI is InChI=1S/C18H22N2OS/c1-13-8-9-14(2)16(12-13)20-18(22)19-11-10-15-6-4-5-7-17(15)21-3/h4-9,12H,10-11H2,1-3H3,(H2,19,20,22). The lowest BCUT2D eigenvalue weighted by atomic mass is 10.1. The molecule has 2 aromatic rings. The number of rotatable bonds is 5. The van der Waals surface area contributed by atoms with Crippen LogP contribution in [-0.4, -0.2) is 18.8 Å². The van der Waals surface area contributed by atoms with Crippen molar-refractivity contribution in [2.75, 3.05) is 19.0 Å². The van der Waals surface area contributed by atoms with Gasteiger partial charge in [0.1, 0.15) is 5.75 Å². The van der Waals surface area contributed by atoms with Crippen molar-refractivity contribution in [3.8, 4) is 5.75 Å². The van der Waals surface area contributed by atoms with E-state index in [2.05, 4.69) is 48.7 Å². The van der Waals surface area contributed by atoms with Crippen LogP contribution in [0.25, 0.3) is 0 Å². The number of thiocarbonyl (C=S) groups is 1. The highest BCUT2D eigenvalue weighted by atomic mass is 32.1. The Morgan fingerprint density at radius 2 is 1.91 bits per heavy atom. The summed E-state index contributed by atoms with van der Waals surface area (Å²) in [6, 6.07) is 14.3. The number of methoxy groups -OCH3 is 1. The fraction of sp³-hybridized carbons (Fsp3) is 0.278. The second-order valence-corrected chi connectivity index (χ2v) is 5.67. The number of anilines is 1. The molecule has 0 aliphatic rings. The van der Waals surface area contributed by atoms with Crippen molar-refractivity contribution in [2.24, 2.45) is 0 Å². The zero-order valence-corrected chi connectivity index (χ0v) is 14.1. The largest absolute Gasteiger partial charge is 0.496 e. The average molecular weight is 314 g/mol. The fourth-order valence-electron chi connectivity index (χ4n) is 2.26. The van der Waals surface area contributed by atoms with E-state index < -0.39 is 0 Å². The molecular weight excluding hydrogens is 292 g/mol. The monoisotopic (exact) mass is 314 g/mol. The van der Waals surface area contributed by atoms with Gasteiger partial charge in [-0.3, -0.25) is 0 Å². The van der Waals surface area contributed by atoms with Gasteiger partial charge in [-0.05, 0) is 61.3 Å². The van der Waals surface area contributed by atoms with Crippen molar-refractivity contribution in [1.82, 2.24) is 5.32 Å². The minimum atomic E-state index is 0.642. The number of ether oxygens (including phenoxy) is 1. The Kier molecular flexibility index (Phi) is 5.78. The number of hydrogen-bond donors (Lipinski definition) is 2. The summed E-state index contributed by atoms with van der Waals surface area (Å²) >= 11 is 5.36. The number of hydrogen-bond acceptors (Lipinski definition) is 2. The van der Waals surface area contributed by atoms with Crippen molar-refractivity contribution in [3.63, 3.8) is 0 Å². The van der Waals surface area contributed by atoms with Crippen LogP contribution in [0.4, 0.5) is 5.69 Å². The van der Waals surface area contributed by atoms with Gasteiger partial charge in [0, 0.05) is 12.2 Å². The maximum Gasteiger partial charge on any atom is 0.170 e. The lowest BCUT2D eigenvalue weighted by Gasteiger charge is -2.14. The highest BCUT2D eigenvalue weighted by Gasteiger charge is 2.04. The van der Waals surface area contributed by atoms with Gasteiger partial charge in [-0.25, -0.2) is 0 Å². The molecule has 3 nitrogen and oxygen atoms in total. The van der Waals surface area contributed by atoms with Crippen LogP contribution < -0.4 is 15.4 Å². The van der Waals surface area contributed by atoms with E-state index in [0.717, 1.165) is 24.4 Å². The van der Waals surface area contributed by atoms with E-state index in [9.17, 15) is 0 Å². The molecule has 4 heteroatoms. The molecule has 0 unspecified atom stereocenters. The molecule has 0 bridgehead atoms. The molecule has 2 aromatic carbocycles. The molecule has 0 amide bonds. The molecule has 2 rings (SSSR count). The Morgan fingerprint density at radius 3 is 2.68 bits per heavy atom. The van der Waals surface area contributed by atoms with Gasteiger partial charge in [-0.15, -0.1) is 0 Å². The van der Waals surface area contributed by atoms with E-state index in [0.29, 0.717) is 5.11 Å². The maximum absolute atomic E-state index is 5.36. The Balaban J connectivity index is 1.87. The lowest BCUT2D eigenvalue weighted by molar-refractivity contribution is 0.409. The van der Waals surface area contributed by atoms with Gasteiger partial charge >= 0.3 is 0 Å². The van der Waals surface area contributed by atoms with Crippen LogP contribution >= 0.6 is 12.2 Å². The summed E-state index contributed by atoms with van der Waals surface area (Å²) in [6.07, 6.45) is 0.860. The molecule has 0 aromatic heterocycles. The molecule has 0 radical (unpaired) electrons. The predicted octanol–water partition coefficient (Wildman–Crippen LogP) is 3.84. The summed E-state index contributed by atoms with van der Waals surface area (Å²) in [5.74, 6) is 0.915. The van der Waals surface area contributed by atoms with Gasteiger partial charge in [0.15, 0.2) is 5.11 Å². The van der Waals surface area contributed by atoms with Gasteiger partial charge in [0.05, 0.1) is 7.11 Å². The summed E-state index contributed by atoms with van der Waals surface area (Å²) in [5.41, 5.74) is 4.62. The molecule has 0 saturated heterocycles. The topological polar surface area (TPSA) is 33.3 Å². The minimum absolute atomic E-state index is 0.642. The zero-order valence-electron chi connectivity index (χ0n) is 13.3. The Hall–Kier alpha value is -2.07. The van der Waals surface area contributed by atoms with Crippen LogP contribution in [0.15, 0.2) is 42.5 Å². The van der Waals surface area contributed by atoms with Crippen molar-refractivity contribution in [3.05, 3.63) is 59.2 Å². The van der Waals surface area contributed by atoms with Crippen molar-refractivity contribution in [1.29, 1.82) is 0 Å². The number of benzene rings is 2. The first kappa shape index (κ1) is 16.3. The third-order valence-electron chi connectivity index (χ3n) is 3.51. The first-order chi connectivity index (χ1) is 10.6. The van der Waals surface area contributed by atoms with Crippen LogP contribution in [0.2, 0.25) is 0 Å². The van der Waals surface area contributed by atoms with E-state index in [1.54, 1.807) is 7.11 Å². The van der Waals surface area contributed by atoms with Gasteiger partial charge in [0.25, 0.3) is 0 Å². The zero-order chi connectivity index (χ0) is 15.9. The highest BCUT2D eigenvalue weighted by Crippen LogP contribution is 2.18. The lowest BCUT2D eigenvalue weighted by Crippen LogP contribution is -2.30. The molecule has 0 atom stereocenters. The second-order valence-electron chi connectivity index (χ2n) is 5.26. The Bertz CT molecular complexity index is 655. The van der Waals surface area contributed by atoms with E-state index in [1.165, 1.54) is 16.7 Å². The summed E-state index contributed by atoms with van der Waals surface area (Å²) in [5, 5.41) is 7.14. The quantitative estimate of drug-likeness (QED) is 0.822. The molecule has 22 heavy (non-hydrogen) atoms. The van der Waals surface area contributed by atoms with Crippen LogP contribution in [-0.2, 0) is 6.42 Å². The molecule has 2 N–H and O–H groups in total. The van der Waals surface area contributed by atoms with E-state index >= 15 is 0 Å². The smallest absolute Gasteiger partial charge is 0.170 e. The summed E-state index contributed by atoms with van der Waals surface area (Å²) < 4.78 is 5.35. The molecule has 0 spiro atoms. The Labute approximate surface area is 137 Å². The molecule has 0 aliphatic heterocycles. The van der Waals surface area contributed by atoms with E-state index in [-0.39, 0.29) is 0 Å². The van der Waals surface area contributed by atoms with Crippen LogP contribution in [0.5, 0.6) is 5.75 Å². The first-order valence-electron chi connectivity index (χ1n) is 7.34. The SMILES string of the molecule is COc1ccccc1CCNC(=S)Nc1cc(C)ccc1C. The molecule has 116 valence electrons. The number of para-hydroxylation sites is 1. The second kappa shape index (κ2) is 7.80. The third kappa shape index (κ3) is 4.46. The molecule has 0 heterocycles. The number of aryl methyl sites for hydroxylation is 2. The average Bonchev–Trinajstić information content (AvgIpc) is 2.51. The third-order valence-corrected chi connectivity index (χ3v) is 3.76. The molecule has 0 saturated carbocycles. The van der Waals surface area contributed by atoms with Crippen molar-refractivity contribution >= 4 is 23.0 Å². The fourth-order valence-corrected chi connectivity index (χ4v) is 2.47. The summed E-state index contributed by atoms with van der Waals surface area (Å²) in [7, 11) is 1.69. The van der Waals surface area contributed by atoms with Gasteiger partial charge in [-0.1, -0.05) is 30.3 Å². The van der Waals surface area contributed by atoms with Gasteiger partial charge in [-0.2, -0.15) is 0 Å². The molecule has 0 fully saturated rings. The van der Waals surface area contributed by atoms with Crippen LogP contribution in [0.3, 0.4) is 0 Å². The van der Waals surface area contributed by atoms with E-state index in [4.69, 9.17) is 17.0 Å². The van der Waals surface area contributed by atoms with Crippen molar-refractivity contribution < 1.29 is 4.74 Å². The first-order valence-corrected chi connectivity index (χ1v) is 7.75. The summed E-state index contributed by atoms with van der Waals surface area (Å²) in [6.45, 7) is 4.90. The van der Waals surface area contributed by atoms with Gasteiger partial charge in [0.2, 0.25) is 0 Å². The van der Waals surface area contributed by atoms with Crippen LogP contribution in [0.1, 0.15) is 16.7 Å². The number of nitrogens with one attached hydrogen (secondary N) is 2.